The summed E-state index contributed by atoms with van der Waals surface area (Å²) in [7, 11) is 3.60. The second-order valence-corrected chi connectivity index (χ2v) is 3.92. The molecule has 2 rings (SSSR count). The number of carbonyl (C=O) groups is 1. The first-order valence-electron chi connectivity index (χ1n) is 5.33. The van der Waals surface area contributed by atoms with Crippen molar-refractivity contribution in [2.24, 2.45) is 14.1 Å². The minimum absolute atomic E-state index is 0.130. The van der Waals surface area contributed by atoms with Crippen molar-refractivity contribution < 1.29 is 4.79 Å². The Morgan fingerprint density at radius 3 is 2.71 bits per heavy atom. The van der Waals surface area contributed by atoms with Gasteiger partial charge in [-0.1, -0.05) is 0 Å². The van der Waals surface area contributed by atoms with E-state index in [2.05, 4.69) is 15.5 Å². The van der Waals surface area contributed by atoms with Gasteiger partial charge in [0.15, 0.2) is 0 Å². The number of nitrogens with zero attached hydrogens (tertiary/aromatic N) is 4. The molecule has 17 heavy (non-hydrogen) atoms. The summed E-state index contributed by atoms with van der Waals surface area (Å²) in [5.41, 5.74) is 2.35. The normalized spacial score (nSPS) is 10.5. The molecule has 0 aliphatic rings. The lowest BCUT2D eigenvalue weighted by molar-refractivity contribution is 0.0940. The molecule has 2 aromatic heterocycles. The standard InChI is InChI=1S/C11H15N5O/c1-8-6-10(16(3)14-8)11(17)12-7-9-4-5-13-15(9)2/h4-6H,7H2,1-3H3,(H,12,17). The van der Waals surface area contributed by atoms with Crippen molar-refractivity contribution in [2.45, 2.75) is 13.5 Å². The quantitative estimate of drug-likeness (QED) is 0.834. The van der Waals surface area contributed by atoms with Crippen molar-refractivity contribution in [2.75, 3.05) is 0 Å². The Hall–Kier alpha value is -2.11. The van der Waals surface area contributed by atoms with Gasteiger partial charge in [0.05, 0.1) is 17.9 Å². The van der Waals surface area contributed by atoms with Crippen LogP contribution in [0.25, 0.3) is 0 Å². The molecule has 0 unspecified atom stereocenters. The summed E-state index contributed by atoms with van der Waals surface area (Å²) in [4.78, 5) is 11.9. The summed E-state index contributed by atoms with van der Waals surface area (Å²) >= 11 is 0. The third kappa shape index (κ3) is 2.35. The van der Waals surface area contributed by atoms with Crippen LogP contribution in [0.1, 0.15) is 21.9 Å². The fourth-order valence-corrected chi connectivity index (χ4v) is 1.66. The van der Waals surface area contributed by atoms with Crippen LogP contribution in [0.4, 0.5) is 0 Å². The van der Waals surface area contributed by atoms with Crippen LogP contribution < -0.4 is 5.32 Å². The summed E-state index contributed by atoms with van der Waals surface area (Å²) in [6, 6.07) is 3.63. The lowest BCUT2D eigenvalue weighted by Crippen LogP contribution is -2.26. The molecule has 0 aliphatic heterocycles. The average molecular weight is 233 g/mol. The third-order valence-corrected chi connectivity index (χ3v) is 2.59. The van der Waals surface area contributed by atoms with Gasteiger partial charge in [0, 0.05) is 20.3 Å². The third-order valence-electron chi connectivity index (χ3n) is 2.59. The van der Waals surface area contributed by atoms with Crippen molar-refractivity contribution in [3.8, 4) is 0 Å². The second-order valence-electron chi connectivity index (χ2n) is 3.92. The molecule has 0 aromatic carbocycles. The molecule has 6 nitrogen and oxygen atoms in total. The summed E-state index contributed by atoms with van der Waals surface area (Å²) in [6.45, 7) is 2.32. The van der Waals surface area contributed by atoms with Crippen LogP contribution >= 0.6 is 0 Å². The molecular weight excluding hydrogens is 218 g/mol. The van der Waals surface area contributed by atoms with E-state index in [1.54, 1.807) is 28.7 Å². The molecule has 6 heteroatoms. The van der Waals surface area contributed by atoms with E-state index in [1.165, 1.54) is 0 Å². The first-order chi connectivity index (χ1) is 8.08. The molecule has 0 atom stereocenters. The van der Waals surface area contributed by atoms with E-state index in [0.29, 0.717) is 12.2 Å². The lowest BCUT2D eigenvalue weighted by Gasteiger charge is -2.05. The lowest BCUT2D eigenvalue weighted by atomic mass is 10.3. The molecule has 2 heterocycles. The second kappa shape index (κ2) is 4.40. The van der Waals surface area contributed by atoms with Gasteiger partial charge in [0.25, 0.3) is 5.91 Å². The van der Waals surface area contributed by atoms with E-state index >= 15 is 0 Å². The predicted molar refractivity (Wildman–Crippen MR) is 62.3 cm³/mol. The fraction of sp³-hybridized carbons (Fsp3) is 0.364. The van der Waals surface area contributed by atoms with Gasteiger partial charge in [0.1, 0.15) is 5.69 Å². The zero-order valence-corrected chi connectivity index (χ0v) is 10.1. The van der Waals surface area contributed by atoms with Gasteiger partial charge < -0.3 is 5.32 Å². The molecule has 0 spiro atoms. The molecule has 0 fully saturated rings. The van der Waals surface area contributed by atoms with Crippen LogP contribution in [0, 0.1) is 6.92 Å². The van der Waals surface area contributed by atoms with Gasteiger partial charge in [-0.25, -0.2) is 0 Å². The summed E-state index contributed by atoms with van der Waals surface area (Å²) < 4.78 is 3.31. The van der Waals surface area contributed by atoms with Crippen molar-refractivity contribution in [3.63, 3.8) is 0 Å². The predicted octanol–water partition coefficient (Wildman–Crippen LogP) is 0.392. The molecule has 90 valence electrons. The van der Waals surface area contributed by atoms with Crippen molar-refractivity contribution in [1.29, 1.82) is 0 Å². The molecule has 1 amide bonds. The maximum Gasteiger partial charge on any atom is 0.269 e. The smallest absolute Gasteiger partial charge is 0.269 e. The van der Waals surface area contributed by atoms with E-state index in [9.17, 15) is 4.79 Å². The number of hydrogen-bond donors (Lipinski definition) is 1. The van der Waals surface area contributed by atoms with Gasteiger partial charge >= 0.3 is 0 Å². The van der Waals surface area contributed by atoms with Crippen molar-refractivity contribution in [3.05, 3.63) is 35.4 Å². The fourth-order valence-electron chi connectivity index (χ4n) is 1.66. The molecule has 0 saturated heterocycles. The minimum Gasteiger partial charge on any atom is -0.345 e. The first kappa shape index (κ1) is 11.4. The number of aromatic nitrogens is 4. The van der Waals surface area contributed by atoms with Crippen molar-refractivity contribution >= 4 is 5.91 Å². The maximum absolute atomic E-state index is 11.9. The van der Waals surface area contributed by atoms with E-state index in [-0.39, 0.29) is 5.91 Å². The summed E-state index contributed by atoms with van der Waals surface area (Å²) in [6.07, 6.45) is 1.70. The van der Waals surface area contributed by atoms with Crippen LogP contribution in [0.3, 0.4) is 0 Å². The number of aryl methyl sites for hydroxylation is 3. The van der Waals surface area contributed by atoms with Gasteiger partial charge in [-0.05, 0) is 19.1 Å². The highest BCUT2D eigenvalue weighted by Gasteiger charge is 2.11. The SMILES string of the molecule is Cc1cc(C(=O)NCc2ccnn2C)n(C)n1. The molecule has 0 saturated carbocycles. The molecule has 0 radical (unpaired) electrons. The van der Waals surface area contributed by atoms with Gasteiger partial charge in [-0.2, -0.15) is 10.2 Å². The molecule has 1 N–H and O–H groups in total. The number of amides is 1. The average Bonchev–Trinajstić information content (AvgIpc) is 2.81. The Balaban J connectivity index is 2.03. The largest absolute Gasteiger partial charge is 0.345 e. The Bertz CT molecular complexity index is 540. The molecule has 0 aliphatic carbocycles. The number of hydrogen-bond acceptors (Lipinski definition) is 3. The number of rotatable bonds is 3. The zero-order chi connectivity index (χ0) is 12.4. The van der Waals surface area contributed by atoms with Crippen LogP contribution in [0.15, 0.2) is 18.3 Å². The zero-order valence-electron chi connectivity index (χ0n) is 10.1. The summed E-state index contributed by atoms with van der Waals surface area (Å²) in [5.74, 6) is -0.130. The van der Waals surface area contributed by atoms with Crippen LogP contribution in [-0.2, 0) is 20.6 Å². The van der Waals surface area contributed by atoms with E-state index in [4.69, 9.17) is 0 Å². The maximum atomic E-state index is 11.9. The Labute approximate surface area is 99.2 Å². The molecular formula is C11H15N5O. The topological polar surface area (TPSA) is 64.7 Å². The van der Waals surface area contributed by atoms with Crippen LogP contribution in [0.2, 0.25) is 0 Å². The Morgan fingerprint density at radius 2 is 2.18 bits per heavy atom. The van der Waals surface area contributed by atoms with Crippen LogP contribution in [0.5, 0.6) is 0 Å². The van der Waals surface area contributed by atoms with Gasteiger partial charge in [0.2, 0.25) is 0 Å². The highest BCUT2D eigenvalue weighted by molar-refractivity contribution is 5.92. The minimum atomic E-state index is -0.130. The summed E-state index contributed by atoms with van der Waals surface area (Å²) in [5, 5.41) is 11.0. The van der Waals surface area contributed by atoms with E-state index < -0.39 is 0 Å². The number of nitrogens with one attached hydrogen (secondary N) is 1. The van der Waals surface area contributed by atoms with E-state index in [1.807, 2.05) is 20.0 Å². The molecule has 0 bridgehead atoms. The highest BCUT2D eigenvalue weighted by atomic mass is 16.2. The van der Waals surface area contributed by atoms with Crippen molar-refractivity contribution in [1.82, 2.24) is 24.9 Å². The Kier molecular flexibility index (Phi) is 2.95. The number of carbonyl (C=O) groups excluding carboxylic acids is 1. The van der Waals surface area contributed by atoms with Gasteiger partial charge in [-0.15, -0.1) is 0 Å². The monoisotopic (exact) mass is 233 g/mol. The first-order valence-corrected chi connectivity index (χ1v) is 5.33. The Morgan fingerprint density at radius 1 is 1.41 bits per heavy atom. The highest BCUT2D eigenvalue weighted by Crippen LogP contribution is 2.02. The molecule has 2 aromatic rings. The van der Waals surface area contributed by atoms with Crippen LogP contribution in [-0.4, -0.2) is 25.5 Å². The van der Waals surface area contributed by atoms with Gasteiger partial charge in [-0.3, -0.25) is 14.2 Å². The van der Waals surface area contributed by atoms with E-state index in [0.717, 1.165) is 11.4 Å².